The maximum atomic E-state index is 14.0. The van der Waals surface area contributed by atoms with Crippen LogP contribution in [0, 0.1) is 11.6 Å². The van der Waals surface area contributed by atoms with Crippen molar-refractivity contribution in [2.24, 2.45) is 4.99 Å². The van der Waals surface area contributed by atoms with Gasteiger partial charge in [-0.25, -0.2) is 8.78 Å². The number of piperazine rings is 1. The zero-order valence-corrected chi connectivity index (χ0v) is 19.8. The Hall–Kier alpha value is -2.43. The van der Waals surface area contributed by atoms with Gasteiger partial charge in [-0.1, -0.05) is 30.3 Å². The van der Waals surface area contributed by atoms with E-state index >= 15 is 0 Å². The Labute approximate surface area is 198 Å². The van der Waals surface area contributed by atoms with E-state index in [0.717, 1.165) is 17.7 Å². The highest BCUT2D eigenvalue weighted by Gasteiger charge is 2.22. The largest absolute Gasteiger partial charge is 0.366 e. The predicted octanol–water partition coefficient (Wildman–Crippen LogP) is 2.99. The van der Waals surface area contributed by atoms with Crippen molar-refractivity contribution in [2.45, 2.75) is 13.0 Å². The lowest BCUT2D eigenvalue weighted by molar-refractivity contribution is -0.121. The molecule has 0 aliphatic carbocycles. The third-order valence-electron chi connectivity index (χ3n) is 5.01. The molecule has 2 N–H and O–H groups in total. The molecule has 31 heavy (non-hydrogen) atoms. The van der Waals surface area contributed by atoms with Crippen LogP contribution in [0.25, 0.3) is 0 Å². The first-order chi connectivity index (χ1) is 14.6. The normalized spacial score (nSPS) is 14.1. The van der Waals surface area contributed by atoms with Crippen LogP contribution in [0.1, 0.15) is 12.0 Å². The number of amides is 1. The number of nitrogens with zero attached hydrogens (tertiary/aromatic N) is 3. The lowest BCUT2D eigenvalue weighted by Crippen LogP contribution is -2.53. The van der Waals surface area contributed by atoms with Gasteiger partial charge in [0.15, 0.2) is 5.96 Å². The maximum absolute atomic E-state index is 14.0. The number of halogens is 3. The minimum Gasteiger partial charge on any atom is -0.366 e. The summed E-state index contributed by atoms with van der Waals surface area (Å²) < 4.78 is 27.4. The van der Waals surface area contributed by atoms with Crippen molar-refractivity contribution in [1.29, 1.82) is 0 Å². The SMILES string of the molecule is CN=C(NCCC(=O)NCc1ccccc1)N1CCN(c2cc(F)ccc2F)CC1.I. The first-order valence-electron chi connectivity index (χ1n) is 10.0. The van der Waals surface area contributed by atoms with Gasteiger partial charge in [0.25, 0.3) is 0 Å². The van der Waals surface area contributed by atoms with E-state index < -0.39 is 11.6 Å². The number of carbonyl (C=O) groups is 1. The number of nitrogens with one attached hydrogen (secondary N) is 2. The second-order valence-corrected chi connectivity index (χ2v) is 7.06. The van der Waals surface area contributed by atoms with Gasteiger partial charge in [-0.3, -0.25) is 9.79 Å². The van der Waals surface area contributed by atoms with E-state index in [1.165, 1.54) is 6.07 Å². The zero-order chi connectivity index (χ0) is 21.3. The molecule has 2 aromatic rings. The zero-order valence-electron chi connectivity index (χ0n) is 17.5. The smallest absolute Gasteiger partial charge is 0.222 e. The third-order valence-corrected chi connectivity index (χ3v) is 5.01. The average Bonchev–Trinajstić information content (AvgIpc) is 2.78. The summed E-state index contributed by atoms with van der Waals surface area (Å²) in [5.74, 6) is -0.204. The van der Waals surface area contributed by atoms with Crippen LogP contribution in [0.4, 0.5) is 14.5 Å². The molecule has 9 heteroatoms. The predicted molar refractivity (Wildman–Crippen MR) is 130 cm³/mol. The number of carbonyl (C=O) groups excluding carboxylic acids is 1. The summed E-state index contributed by atoms with van der Waals surface area (Å²) in [4.78, 5) is 20.2. The van der Waals surface area contributed by atoms with Crippen LogP contribution in [-0.2, 0) is 11.3 Å². The van der Waals surface area contributed by atoms with E-state index in [0.29, 0.717) is 51.6 Å². The molecule has 2 aromatic carbocycles. The fourth-order valence-electron chi connectivity index (χ4n) is 3.39. The minimum absolute atomic E-state index is 0. The van der Waals surface area contributed by atoms with Crippen molar-refractivity contribution in [1.82, 2.24) is 15.5 Å². The van der Waals surface area contributed by atoms with E-state index in [1.54, 1.807) is 7.05 Å². The Balaban J connectivity index is 0.00000341. The molecule has 1 amide bonds. The van der Waals surface area contributed by atoms with Gasteiger partial charge in [0.1, 0.15) is 11.6 Å². The fourth-order valence-corrected chi connectivity index (χ4v) is 3.39. The highest BCUT2D eigenvalue weighted by atomic mass is 127. The number of hydrogen-bond acceptors (Lipinski definition) is 3. The molecule has 6 nitrogen and oxygen atoms in total. The van der Waals surface area contributed by atoms with E-state index in [2.05, 4.69) is 20.5 Å². The Morgan fingerprint density at radius 3 is 2.42 bits per heavy atom. The van der Waals surface area contributed by atoms with E-state index in [1.807, 2.05) is 35.2 Å². The van der Waals surface area contributed by atoms with Crippen molar-refractivity contribution in [3.8, 4) is 0 Å². The third kappa shape index (κ3) is 7.34. The van der Waals surface area contributed by atoms with Crippen LogP contribution in [0.5, 0.6) is 0 Å². The van der Waals surface area contributed by atoms with E-state index in [-0.39, 0.29) is 35.6 Å². The van der Waals surface area contributed by atoms with Gasteiger partial charge in [-0.05, 0) is 17.7 Å². The van der Waals surface area contributed by atoms with Crippen molar-refractivity contribution >= 4 is 41.5 Å². The number of guanidine groups is 1. The molecule has 0 aromatic heterocycles. The van der Waals surface area contributed by atoms with Crippen molar-refractivity contribution < 1.29 is 13.6 Å². The first kappa shape index (κ1) is 24.8. The van der Waals surface area contributed by atoms with Gasteiger partial charge in [-0.15, -0.1) is 24.0 Å². The number of rotatable bonds is 6. The number of anilines is 1. The highest BCUT2D eigenvalue weighted by Crippen LogP contribution is 2.21. The van der Waals surface area contributed by atoms with Crippen molar-refractivity contribution in [3.63, 3.8) is 0 Å². The Morgan fingerprint density at radius 2 is 1.74 bits per heavy atom. The summed E-state index contributed by atoms with van der Waals surface area (Å²) in [6.07, 6.45) is 0.334. The Bertz CT molecular complexity index is 873. The minimum atomic E-state index is -0.447. The van der Waals surface area contributed by atoms with Crippen LogP contribution in [0.3, 0.4) is 0 Å². The fraction of sp³-hybridized carbons (Fsp3) is 0.364. The van der Waals surface area contributed by atoms with Gasteiger partial charge in [-0.2, -0.15) is 0 Å². The molecule has 1 aliphatic heterocycles. The summed E-state index contributed by atoms with van der Waals surface area (Å²) in [5.41, 5.74) is 1.34. The van der Waals surface area contributed by atoms with Gasteiger partial charge in [0, 0.05) is 58.8 Å². The molecular weight excluding hydrogens is 515 g/mol. The molecule has 0 unspecified atom stereocenters. The molecule has 0 bridgehead atoms. The monoisotopic (exact) mass is 543 g/mol. The molecule has 0 atom stereocenters. The van der Waals surface area contributed by atoms with Crippen molar-refractivity contribution in [2.75, 3.05) is 44.7 Å². The Morgan fingerprint density at radius 1 is 1.03 bits per heavy atom. The summed E-state index contributed by atoms with van der Waals surface area (Å²) >= 11 is 0. The molecule has 1 heterocycles. The quantitative estimate of drug-likeness (QED) is 0.334. The van der Waals surface area contributed by atoms with Crippen molar-refractivity contribution in [3.05, 3.63) is 65.7 Å². The average molecular weight is 543 g/mol. The van der Waals surface area contributed by atoms with E-state index in [4.69, 9.17) is 0 Å². The molecule has 1 fully saturated rings. The first-order valence-corrected chi connectivity index (χ1v) is 10.0. The van der Waals surface area contributed by atoms with Gasteiger partial charge < -0.3 is 20.4 Å². The number of aliphatic imine (C=N–C) groups is 1. The standard InChI is InChI=1S/C22H27F2N5O.HI/c1-25-22(26-10-9-21(30)27-16-17-5-3-2-4-6-17)29-13-11-28(12-14-29)20-15-18(23)7-8-19(20)24;/h2-8,15H,9-14,16H2,1H3,(H,25,26)(H,27,30);1H. The lowest BCUT2D eigenvalue weighted by atomic mass is 10.2. The number of hydrogen-bond donors (Lipinski definition) is 2. The molecule has 1 saturated heterocycles. The van der Waals surface area contributed by atoms with Crippen LogP contribution in [0.15, 0.2) is 53.5 Å². The summed E-state index contributed by atoms with van der Waals surface area (Å²) in [7, 11) is 1.69. The highest BCUT2D eigenvalue weighted by molar-refractivity contribution is 14.0. The Kier molecular flexibility index (Phi) is 9.96. The molecule has 0 radical (unpaired) electrons. The van der Waals surface area contributed by atoms with Crippen LogP contribution >= 0.6 is 24.0 Å². The maximum Gasteiger partial charge on any atom is 0.222 e. The van der Waals surface area contributed by atoms with Gasteiger partial charge in [0.05, 0.1) is 5.69 Å². The number of benzene rings is 2. The molecule has 3 rings (SSSR count). The molecule has 168 valence electrons. The molecular formula is C22H28F2IN5O. The summed E-state index contributed by atoms with van der Waals surface area (Å²) in [6, 6.07) is 13.3. The van der Waals surface area contributed by atoms with Crippen LogP contribution in [-0.4, -0.2) is 56.5 Å². The van der Waals surface area contributed by atoms with E-state index in [9.17, 15) is 13.6 Å². The van der Waals surface area contributed by atoms with Crippen LogP contribution in [0.2, 0.25) is 0 Å². The van der Waals surface area contributed by atoms with Gasteiger partial charge >= 0.3 is 0 Å². The summed E-state index contributed by atoms with van der Waals surface area (Å²) in [5, 5.41) is 6.10. The molecule has 1 aliphatic rings. The second-order valence-electron chi connectivity index (χ2n) is 7.06. The molecule has 0 saturated carbocycles. The second kappa shape index (κ2) is 12.4. The van der Waals surface area contributed by atoms with Gasteiger partial charge in [0.2, 0.25) is 5.91 Å². The topological polar surface area (TPSA) is 60.0 Å². The lowest BCUT2D eigenvalue weighted by Gasteiger charge is -2.37. The molecule has 0 spiro atoms. The summed E-state index contributed by atoms with van der Waals surface area (Å²) in [6.45, 7) is 3.32. The van der Waals surface area contributed by atoms with Crippen LogP contribution < -0.4 is 15.5 Å².